The van der Waals surface area contributed by atoms with E-state index >= 15 is 0 Å². The molecule has 0 radical (unpaired) electrons. The summed E-state index contributed by atoms with van der Waals surface area (Å²) in [5.41, 5.74) is -6.64. The van der Waals surface area contributed by atoms with Crippen LogP contribution in [0.4, 0.5) is 52.7 Å². The average Bonchev–Trinajstić information content (AvgIpc) is 2.76. The molecule has 2 rings (SSSR count). The van der Waals surface area contributed by atoms with Crippen LogP contribution in [0.15, 0.2) is 35.2 Å². The van der Waals surface area contributed by atoms with E-state index in [1.54, 1.807) is 0 Å². The van der Waals surface area contributed by atoms with Gasteiger partial charge in [0.05, 0.1) is 18.2 Å². The van der Waals surface area contributed by atoms with Crippen molar-refractivity contribution in [2.45, 2.75) is 29.1 Å². The van der Waals surface area contributed by atoms with Gasteiger partial charge in [0.15, 0.2) is 9.84 Å². The molecule has 0 fully saturated rings. The summed E-state index contributed by atoms with van der Waals surface area (Å²) >= 11 is 0. The highest BCUT2D eigenvalue weighted by atomic mass is 32.2. The van der Waals surface area contributed by atoms with E-state index < -0.39 is 84.8 Å². The van der Waals surface area contributed by atoms with E-state index in [1.165, 1.54) is 0 Å². The minimum atomic E-state index is -6.12. The molecule has 0 spiro atoms. The molecule has 0 bridgehead atoms. The summed E-state index contributed by atoms with van der Waals surface area (Å²) in [5.74, 6) is -17.9. The molecule has 2 aromatic rings. The number of ether oxygens (including phenoxy) is 1. The molecule has 0 aromatic heterocycles. The third-order valence-electron chi connectivity index (χ3n) is 4.48. The van der Waals surface area contributed by atoms with Crippen LogP contribution in [-0.2, 0) is 26.4 Å². The maximum atomic E-state index is 13.6. The summed E-state index contributed by atoms with van der Waals surface area (Å²) < 4.78 is 179. The number of carbonyl (C=O) groups excluding carboxylic acids is 1. The minimum Gasteiger partial charge on any atom is -0.478 e. The highest BCUT2D eigenvalue weighted by molar-refractivity contribution is 7.90. The maximum absolute atomic E-state index is 13.6. The van der Waals surface area contributed by atoms with Crippen LogP contribution in [0.2, 0.25) is 0 Å². The van der Waals surface area contributed by atoms with Crippen LogP contribution in [0.25, 0.3) is 0 Å². The molecule has 0 aliphatic heterocycles. The standard InChI is InChI=1S/C11H8F6O4S.C9H4F6O2/c1-21-9(18)5-3-8(22(2,19)20)7(12)4-6(5)10(13,14)11(15,16)17;10-4-1-2-5(7(16)17)6(3-4)8(11,12)9(13,14)15/h3-4H,1-2H3;1-3H,(H,16,17). The van der Waals surface area contributed by atoms with Crippen molar-refractivity contribution in [1.82, 2.24) is 0 Å². The van der Waals surface area contributed by atoms with Crippen LogP contribution in [0.3, 0.4) is 0 Å². The van der Waals surface area contributed by atoms with Gasteiger partial charge in [-0.2, -0.15) is 43.9 Å². The summed E-state index contributed by atoms with van der Waals surface area (Å²) in [6, 6.07) is 0.449. The lowest BCUT2D eigenvalue weighted by Crippen LogP contribution is -2.35. The fourth-order valence-corrected chi connectivity index (χ4v) is 3.39. The van der Waals surface area contributed by atoms with Crippen molar-refractivity contribution in [3.05, 3.63) is 64.2 Å². The van der Waals surface area contributed by atoms with E-state index in [0.717, 1.165) is 0 Å². The largest absolute Gasteiger partial charge is 0.478 e. The fraction of sp³-hybridized carbons (Fsp3) is 0.300. The van der Waals surface area contributed by atoms with E-state index in [2.05, 4.69) is 4.74 Å². The second kappa shape index (κ2) is 10.9. The van der Waals surface area contributed by atoms with Crippen molar-refractivity contribution in [3.8, 4) is 0 Å². The Morgan fingerprint density at radius 3 is 1.56 bits per heavy atom. The molecule has 1 N–H and O–H groups in total. The Morgan fingerprint density at radius 2 is 1.21 bits per heavy atom. The first kappa shape index (κ1) is 33.5. The maximum Gasteiger partial charge on any atom is 0.458 e. The molecule has 6 nitrogen and oxygen atoms in total. The van der Waals surface area contributed by atoms with Crippen LogP contribution in [0, 0.1) is 11.6 Å². The minimum absolute atomic E-state index is 0.0888. The van der Waals surface area contributed by atoms with Crippen LogP contribution in [0.1, 0.15) is 31.8 Å². The van der Waals surface area contributed by atoms with Gasteiger partial charge >= 0.3 is 36.1 Å². The molecule has 0 aliphatic rings. The molecule has 0 unspecified atom stereocenters. The number of hydrogen-bond donors (Lipinski definition) is 1. The third-order valence-corrected chi connectivity index (χ3v) is 5.59. The topological polar surface area (TPSA) is 97.7 Å². The number of carbonyl (C=O) groups is 2. The summed E-state index contributed by atoms with van der Waals surface area (Å²) in [6.07, 6.45) is -11.6. The zero-order valence-corrected chi connectivity index (χ0v) is 19.6. The van der Waals surface area contributed by atoms with Gasteiger partial charge in [-0.25, -0.2) is 26.8 Å². The number of aromatic carboxylic acids is 1. The second-order valence-corrected chi connectivity index (χ2v) is 9.22. The number of hydrogen-bond acceptors (Lipinski definition) is 5. The van der Waals surface area contributed by atoms with Gasteiger partial charge < -0.3 is 9.84 Å². The van der Waals surface area contributed by atoms with Gasteiger partial charge in [0.25, 0.3) is 0 Å². The quantitative estimate of drug-likeness (QED) is 0.338. The Kier molecular flexibility index (Phi) is 9.39. The zero-order valence-electron chi connectivity index (χ0n) is 18.8. The zero-order chi connectivity index (χ0) is 30.9. The average molecular weight is 608 g/mol. The predicted octanol–water partition coefficient (Wildman–Crippen LogP) is 5.85. The van der Waals surface area contributed by atoms with Crippen LogP contribution >= 0.6 is 0 Å². The molecule has 0 atom stereocenters. The Bertz CT molecular complexity index is 1360. The molecular weight excluding hydrogens is 596 g/mol. The molecule has 0 saturated carbocycles. The number of carboxylic acids is 1. The summed E-state index contributed by atoms with van der Waals surface area (Å²) in [4.78, 5) is 20.6. The van der Waals surface area contributed by atoms with Gasteiger partial charge in [-0.15, -0.1) is 0 Å². The predicted molar refractivity (Wildman–Crippen MR) is 104 cm³/mol. The van der Waals surface area contributed by atoms with Crippen LogP contribution in [0.5, 0.6) is 0 Å². The van der Waals surface area contributed by atoms with Crippen molar-refractivity contribution >= 4 is 21.8 Å². The Morgan fingerprint density at radius 1 is 0.769 bits per heavy atom. The molecular formula is C20H12F12O6S. The molecule has 0 saturated heterocycles. The SMILES string of the molecule is COC(=O)c1cc(S(C)(=O)=O)c(F)cc1C(F)(F)C(F)(F)F.O=C(O)c1ccc(F)cc1C(F)(F)C(F)(F)F. The molecule has 0 amide bonds. The van der Waals surface area contributed by atoms with E-state index in [4.69, 9.17) is 5.11 Å². The van der Waals surface area contributed by atoms with Gasteiger partial charge in [0.1, 0.15) is 16.5 Å². The highest BCUT2D eigenvalue weighted by Gasteiger charge is 2.61. The van der Waals surface area contributed by atoms with Crippen molar-refractivity contribution in [1.29, 1.82) is 0 Å². The molecule has 2 aromatic carbocycles. The smallest absolute Gasteiger partial charge is 0.458 e. The summed E-state index contributed by atoms with van der Waals surface area (Å²) in [5, 5.41) is 8.46. The van der Waals surface area contributed by atoms with Crippen LogP contribution in [-0.4, -0.2) is 51.2 Å². The number of halogens is 12. The fourth-order valence-electron chi connectivity index (χ4n) is 2.64. The lowest BCUT2D eigenvalue weighted by molar-refractivity contribution is -0.289. The second-order valence-electron chi connectivity index (χ2n) is 7.23. The van der Waals surface area contributed by atoms with E-state index in [1.807, 2.05) is 0 Å². The molecule has 39 heavy (non-hydrogen) atoms. The van der Waals surface area contributed by atoms with Crippen LogP contribution < -0.4 is 0 Å². The molecule has 0 aliphatic carbocycles. The number of carboxylic acid groups (broad SMARTS) is 1. The lowest BCUT2D eigenvalue weighted by atomic mass is 10.0. The van der Waals surface area contributed by atoms with E-state index in [9.17, 15) is 70.7 Å². The Labute approximate surface area is 209 Å². The normalized spacial score (nSPS) is 12.9. The van der Waals surface area contributed by atoms with Gasteiger partial charge in [-0.1, -0.05) is 0 Å². The number of methoxy groups -OCH3 is 1. The monoisotopic (exact) mass is 608 g/mol. The van der Waals surface area contributed by atoms with Gasteiger partial charge in [-0.05, 0) is 30.3 Å². The van der Waals surface area contributed by atoms with Gasteiger partial charge in [0, 0.05) is 17.4 Å². The van der Waals surface area contributed by atoms with Gasteiger partial charge in [-0.3, -0.25) is 0 Å². The molecule has 19 heteroatoms. The number of sulfone groups is 1. The highest BCUT2D eigenvalue weighted by Crippen LogP contribution is 2.46. The first-order valence-electron chi connectivity index (χ1n) is 9.35. The number of rotatable bonds is 5. The first-order valence-corrected chi connectivity index (χ1v) is 11.2. The van der Waals surface area contributed by atoms with Gasteiger partial charge in [0.2, 0.25) is 0 Å². The number of alkyl halides is 10. The molecule has 0 heterocycles. The van der Waals surface area contributed by atoms with Crippen molar-refractivity contribution in [3.63, 3.8) is 0 Å². The Balaban J connectivity index is 0.000000403. The Hall–Kier alpha value is -3.51. The molecule has 218 valence electrons. The number of benzene rings is 2. The van der Waals surface area contributed by atoms with Crippen molar-refractivity contribution in [2.75, 3.05) is 13.4 Å². The first-order chi connectivity index (χ1) is 17.3. The van der Waals surface area contributed by atoms with Crippen molar-refractivity contribution in [2.24, 2.45) is 0 Å². The van der Waals surface area contributed by atoms with E-state index in [-0.39, 0.29) is 18.2 Å². The summed E-state index contributed by atoms with van der Waals surface area (Å²) in [7, 11) is -3.62. The third kappa shape index (κ3) is 7.12. The lowest BCUT2D eigenvalue weighted by Gasteiger charge is -2.22. The summed E-state index contributed by atoms with van der Waals surface area (Å²) in [6.45, 7) is 0. The number of esters is 1. The van der Waals surface area contributed by atoms with Crippen molar-refractivity contribution < 1.29 is 80.5 Å². The van der Waals surface area contributed by atoms with E-state index in [0.29, 0.717) is 25.5 Å².